The average Bonchev–Trinajstić information content (AvgIpc) is 2.37. The molecule has 1 rings (SSSR count). The third-order valence-electron chi connectivity index (χ3n) is 3.59. The quantitative estimate of drug-likeness (QED) is 0.382. The van der Waals surface area contributed by atoms with Gasteiger partial charge in [-0.3, -0.25) is 4.79 Å². The number of rotatable bonds is 8. The molecule has 0 aliphatic rings. The first kappa shape index (κ1) is 20.4. The first-order valence-electron chi connectivity index (χ1n) is 7.98. The number of carbonyl (C=O) groups is 1. The molecule has 0 radical (unpaired) electrons. The molecular formula is C18H30IN3O. The fourth-order valence-corrected chi connectivity index (χ4v) is 2.90. The lowest BCUT2D eigenvalue weighted by Crippen LogP contribution is -2.35. The first-order chi connectivity index (χ1) is 10.4. The second-order valence-corrected chi connectivity index (χ2v) is 9.93. The van der Waals surface area contributed by atoms with Gasteiger partial charge in [0.25, 0.3) is 0 Å². The summed E-state index contributed by atoms with van der Waals surface area (Å²) in [5.41, 5.74) is 8.96. The van der Waals surface area contributed by atoms with E-state index < -0.39 is 3.42 Å². The first-order valence-corrected chi connectivity index (χ1v) is 9.06. The molecule has 0 spiro atoms. The molecule has 0 saturated heterocycles. The number of benzene rings is 1. The van der Waals surface area contributed by atoms with Crippen LogP contribution in [0, 0.1) is 5.92 Å². The number of carbonyl (C=O) groups excluding carboxylic acids is 1. The van der Waals surface area contributed by atoms with Gasteiger partial charge in [-0.15, -0.1) is 6.54 Å². The zero-order valence-electron chi connectivity index (χ0n) is 15.2. The van der Waals surface area contributed by atoms with Crippen molar-refractivity contribution in [3.05, 3.63) is 40.2 Å². The maximum Gasteiger partial charge on any atom is 0.237 e. The summed E-state index contributed by atoms with van der Waals surface area (Å²) in [5, 5.41) is 4.65. The fraction of sp³-hybridized carbons (Fsp3) is 0.611. The molecule has 130 valence electrons. The summed E-state index contributed by atoms with van der Waals surface area (Å²) in [5.74, 6) is 0.262. The van der Waals surface area contributed by atoms with Crippen molar-refractivity contribution in [3.63, 3.8) is 0 Å². The molecule has 0 fully saturated rings. The van der Waals surface area contributed by atoms with Crippen LogP contribution in [0.15, 0.2) is 18.2 Å². The van der Waals surface area contributed by atoms with Crippen molar-refractivity contribution < 1.29 is 9.28 Å². The number of quaternary nitrogens is 1. The molecule has 1 amide bonds. The van der Waals surface area contributed by atoms with Crippen molar-refractivity contribution >= 4 is 28.5 Å². The molecule has 0 aliphatic carbocycles. The lowest BCUT2D eigenvalue weighted by molar-refractivity contribution is -0.865. The Morgan fingerprint density at radius 2 is 1.96 bits per heavy atom. The van der Waals surface area contributed by atoms with E-state index in [1.807, 2.05) is 6.92 Å². The maximum absolute atomic E-state index is 11.9. The van der Waals surface area contributed by atoms with E-state index in [2.05, 4.69) is 81.1 Å². The van der Waals surface area contributed by atoms with E-state index in [0.717, 1.165) is 28.7 Å². The van der Waals surface area contributed by atoms with Gasteiger partial charge in [0, 0.05) is 0 Å². The van der Waals surface area contributed by atoms with E-state index in [-0.39, 0.29) is 5.91 Å². The predicted molar refractivity (Wildman–Crippen MR) is 106 cm³/mol. The molecule has 0 aromatic heterocycles. The second-order valence-electron chi connectivity index (χ2n) is 7.77. The van der Waals surface area contributed by atoms with Crippen molar-refractivity contribution in [1.29, 1.82) is 0 Å². The van der Waals surface area contributed by atoms with Crippen LogP contribution >= 0.6 is 22.6 Å². The van der Waals surface area contributed by atoms with Crippen molar-refractivity contribution in [3.8, 4) is 0 Å². The van der Waals surface area contributed by atoms with Crippen molar-refractivity contribution in [2.75, 3.05) is 27.8 Å². The standard InChI is InChI=1S/C18H30IN3O/c1-13(2)9-14-7-8-15(11-21-12-22(4,5)6)16(10-14)18(3,19)17(20)23/h7-8,10,13H,9,11-12H2,1-6H3,(H2,20,23)/t18-/m1/s1. The number of hydrogen-bond acceptors (Lipinski definition) is 1. The van der Waals surface area contributed by atoms with Gasteiger partial charge in [0.2, 0.25) is 5.91 Å². The summed E-state index contributed by atoms with van der Waals surface area (Å²) in [7, 11) is 6.34. The van der Waals surface area contributed by atoms with Crippen LogP contribution in [0.25, 0.3) is 5.32 Å². The molecule has 5 heteroatoms. The SMILES string of the molecule is CC(C)Cc1ccc(C[N-]C[N+](C)(C)C)c([C@@](C)(I)C(N)=O)c1. The van der Waals surface area contributed by atoms with Gasteiger partial charge in [-0.05, 0) is 37.1 Å². The van der Waals surface area contributed by atoms with Gasteiger partial charge in [-0.25, -0.2) is 0 Å². The topological polar surface area (TPSA) is 57.2 Å². The maximum atomic E-state index is 11.9. The Bertz CT molecular complexity index is 548. The van der Waals surface area contributed by atoms with Gasteiger partial charge >= 0.3 is 0 Å². The van der Waals surface area contributed by atoms with E-state index in [4.69, 9.17) is 5.73 Å². The minimum Gasteiger partial charge on any atom is -0.609 e. The lowest BCUT2D eigenvalue weighted by atomic mass is 9.90. The molecule has 0 bridgehead atoms. The Morgan fingerprint density at radius 1 is 1.35 bits per heavy atom. The zero-order chi connectivity index (χ0) is 17.8. The highest BCUT2D eigenvalue weighted by Gasteiger charge is 2.31. The van der Waals surface area contributed by atoms with Crippen LogP contribution in [0.3, 0.4) is 0 Å². The molecule has 4 nitrogen and oxygen atoms in total. The fourth-order valence-electron chi connectivity index (χ4n) is 2.40. The van der Waals surface area contributed by atoms with Gasteiger partial charge in [0.1, 0.15) is 3.42 Å². The third kappa shape index (κ3) is 6.39. The number of amides is 1. The molecule has 2 N–H and O–H groups in total. The molecule has 0 saturated carbocycles. The van der Waals surface area contributed by atoms with E-state index in [1.54, 1.807) is 0 Å². The van der Waals surface area contributed by atoms with Crippen molar-refractivity contribution in [1.82, 2.24) is 0 Å². The van der Waals surface area contributed by atoms with Crippen LogP contribution in [0.5, 0.6) is 0 Å². The van der Waals surface area contributed by atoms with Crippen LogP contribution < -0.4 is 5.73 Å². The van der Waals surface area contributed by atoms with E-state index in [1.165, 1.54) is 5.56 Å². The van der Waals surface area contributed by atoms with Crippen LogP contribution in [0.1, 0.15) is 37.5 Å². The highest BCUT2D eigenvalue weighted by molar-refractivity contribution is 14.1. The summed E-state index contributed by atoms with van der Waals surface area (Å²) in [6, 6.07) is 6.38. The van der Waals surface area contributed by atoms with E-state index in [0.29, 0.717) is 12.5 Å². The molecule has 1 aromatic rings. The normalized spacial score (nSPS) is 14.8. The number of nitrogens with zero attached hydrogens (tertiary/aromatic N) is 2. The minimum absolute atomic E-state index is 0.312. The monoisotopic (exact) mass is 431 g/mol. The van der Waals surface area contributed by atoms with Gasteiger partial charge in [-0.2, -0.15) is 0 Å². The molecule has 0 heterocycles. The summed E-state index contributed by atoms with van der Waals surface area (Å²) in [6.07, 6.45) is 0.995. The number of nitrogens with two attached hydrogens (primary N) is 1. The molecule has 1 atom stereocenters. The molecule has 1 aromatic carbocycles. The van der Waals surface area contributed by atoms with Crippen LogP contribution in [-0.4, -0.2) is 38.2 Å². The van der Waals surface area contributed by atoms with Gasteiger partial charge in [-0.1, -0.05) is 60.2 Å². The second kappa shape index (κ2) is 7.94. The Labute approximate surface area is 154 Å². The predicted octanol–water partition coefficient (Wildman–Crippen LogP) is 3.56. The highest BCUT2D eigenvalue weighted by Crippen LogP contribution is 2.35. The Morgan fingerprint density at radius 3 is 2.43 bits per heavy atom. The van der Waals surface area contributed by atoms with Crippen molar-refractivity contribution in [2.45, 2.75) is 37.2 Å². The summed E-state index contributed by atoms with van der Waals surface area (Å²) in [6.45, 7) is 7.62. The van der Waals surface area contributed by atoms with Crippen LogP contribution in [0.2, 0.25) is 0 Å². The number of alkyl halides is 1. The van der Waals surface area contributed by atoms with Crippen LogP contribution in [-0.2, 0) is 21.2 Å². The summed E-state index contributed by atoms with van der Waals surface area (Å²) < 4.78 is 0.0737. The number of halogens is 1. The number of hydrogen-bond donors (Lipinski definition) is 1. The summed E-state index contributed by atoms with van der Waals surface area (Å²) >= 11 is 2.16. The molecule has 0 aliphatic heterocycles. The average molecular weight is 431 g/mol. The molecule has 23 heavy (non-hydrogen) atoms. The zero-order valence-corrected chi connectivity index (χ0v) is 17.3. The third-order valence-corrected chi connectivity index (χ3v) is 4.71. The molecule has 0 unspecified atom stereocenters. The Hall–Kier alpha value is -0.660. The number of primary amides is 1. The van der Waals surface area contributed by atoms with Crippen molar-refractivity contribution in [2.24, 2.45) is 11.7 Å². The van der Waals surface area contributed by atoms with Crippen LogP contribution in [0.4, 0.5) is 0 Å². The van der Waals surface area contributed by atoms with Gasteiger partial charge < -0.3 is 15.5 Å². The largest absolute Gasteiger partial charge is 0.609 e. The summed E-state index contributed by atoms with van der Waals surface area (Å²) in [4.78, 5) is 11.9. The Balaban J connectivity index is 3.11. The van der Waals surface area contributed by atoms with E-state index in [9.17, 15) is 4.79 Å². The highest BCUT2D eigenvalue weighted by atomic mass is 127. The molecular weight excluding hydrogens is 401 g/mol. The van der Waals surface area contributed by atoms with E-state index >= 15 is 0 Å². The lowest BCUT2D eigenvalue weighted by Gasteiger charge is -2.34. The Kier molecular flexibility index (Phi) is 7.04. The van der Waals surface area contributed by atoms with Gasteiger partial charge in [0.05, 0.1) is 21.1 Å². The smallest absolute Gasteiger partial charge is 0.237 e. The minimum atomic E-state index is -0.716. The van der Waals surface area contributed by atoms with Gasteiger partial charge in [0.15, 0.2) is 0 Å².